The lowest BCUT2D eigenvalue weighted by Gasteiger charge is -2.23. The number of pyridine rings is 1. The Morgan fingerprint density at radius 3 is 3.21 bits per heavy atom. The van der Waals surface area contributed by atoms with Crippen molar-refractivity contribution in [1.29, 1.82) is 0 Å². The van der Waals surface area contributed by atoms with Crippen molar-refractivity contribution < 1.29 is 9.47 Å². The predicted octanol–water partition coefficient (Wildman–Crippen LogP) is 1.22. The van der Waals surface area contributed by atoms with Gasteiger partial charge in [-0.1, -0.05) is 0 Å². The number of anilines is 1. The van der Waals surface area contributed by atoms with Crippen LogP contribution in [0.15, 0.2) is 18.3 Å². The first-order chi connectivity index (χ1) is 6.86. The Labute approximate surface area is 83.0 Å². The second-order valence-corrected chi connectivity index (χ2v) is 3.34. The molecule has 4 heteroatoms. The van der Waals surface area contributed by atoms with Crippen LogP contribution in [0.4, 0.5) is 5.82 Å². The molecular weight excluding hydrogens is 180 g/mol. The quantitative estimate of drug-likeness (QED) is 0.769. The summed E-state index contributed by atoms with van der Waals surface area (Å²) in [4.78, 5) is 3.96. The maximum Gasteiger partial charge on any atom is 0.166 e. The summed E-state index contributed by atoms with van der Waals surface area (Å²) in [5.41, 5.74) is 5.66. The summed E-state index contributed by atoms with van der Waals surface area (Å²) in [6.45, 7) is 1.48. The lowest BCUT2D eigenvalue weighted by molar-refractivity contribution is 0.00764. The molecule has 1 aromatic heterocycles. The minimum Gasteiger partial charge on any atom is -0.484 e. The van der Waals surface area contributed by atoms with Gasteiger partial charge < -0.3 is 15.2 Å². The van der Waals surface area contributed by atoms with E-state index >= 15 is 0 Å². The molecule has 1 atom stereocenters. The number of nitrogens with zero attached hydrogens (tertiary/aromatic N) is 1. The Bertz CT molecular complexity index is 298. The van der Waals surface area contributed by atoms with E-state index in [4.69, 9.17) is 15.2 Å². The van der Waals surface area contributed by atoms with Gasteiger partial charge >= 0.3 is 0 Å². The number of rotatable bonds is 2. The van der Waals surface area contributed by atoms with E-state index in [9.17, 15) is 0 Å². The van der Waals surface area contributed by atoms with Gasteiger partial charge in [-0.05, 0) is 25.0 Å². The average molecular weight is 194 g/mol. The second kappa shape index (κ2) is 4.28. The van der Waals surface area contributed by atoms with Crippen LogP contribution in [0.25, 0.3) is 0 Å². The third kappa shape index (κ3) is 2.14. The maximum atomic E-state index is 5.67. The second-order valence-electron chi connectivity index (χ2n) is 3.34. The first kappa shape index (κ1) is 9.27. The Balaban J connectivity index is 1.99. The van der Waals surface area contributed by atoms with Crippen LogP contribution >= 0.6 is 0 Å². The first-order valence-electron chi connectivity index (χ1n) is 4.81. The summed E-state index contributed by atoms with van der Waals surface area (Å²) in [7, 11) is 0. The van der Waals surface area contributed by atoms with Crippen molar-refractivity contribution in [1.82, 2.24) is 4.98 Å². The SMILES string of the molecule is Nc1ncccc1OC1CCCOC1. The molecule has 0 aromatic carbocycles. The molecule has 2 heterocycles. The van der Waals surface area contributed by atoms with E-state index in [0.29, 0.717) is 18.2 Å². The van der Waals surface area contributed by atoms with Crippen LogP contribution in [-0.2, 0) is 4.74 Å². The van der Waals surface area contributed by atoms with Crippen LogP contribution in [0, 0.1) is 0 Å². The molecule has 1 saturated heterocycles. The molecule has 1 aliphatic rings. The molecule has 0 aliphatic carbocycles. The normalized spacial score (nSPS) is 21.9. The number of aromatic nitrogens is 1. The number of ether oxygens (including phenoxy) is 2. The predicted molar refractivity (Wildman–Crippen MR) is 53.1 cm³/mol. The fourth-order valence-electron chi connectivity index (χ4n) is 1.49. The molecule has 1 aromatic rings. The molecule has 0 spiro atoms. The molecule has 0 amide bonds. The largest absolute Gasteiger partial charge is 0.484 e. The van der Waals surface area contributed by atoms with Gasteiger partial charge in [0, 0.05) is 12.8 Å². The van der Waals surface area contributed by atoms with Crippen LogP contribution in [-0.4, -0.2) is 24.3 Å². The smallest absolute Gasteiger partial charge is 0.166 e. The van der Waals surface area contributed by atoms with Gasteiger partial charge in [0.15, 0.2) is 11.6 Å². The minimum absolute atomic E-state index is 0.121. The van der Waals surface area contributed by atoms with Crippen LogP contribution in [0.2, 0.25) is 0 Å². The van der Waals surface area contributed by atoms with Crippen molar-refractivity contribution in [3.8, 4) is 5.75 Å². The van der Waals surface area contributed by atoms with Crippen molar-refractivity contribution in [2.75, 3.05) is 18.9 Å². The number of nitrogen functional groups attached to an aromatic ring is 1. The highest BCUT2D eigenvalue weighted by Gasteiger charge is 2.16. The molecule has 1 aliphatic heterocycles. The van der Waals surface area contributed by atoms with Crippen molar-refractivity contribution in [2.45, 2.75) is 18.9 Å². The summed E-state index contributed by atoms with van der Waals surface area (Å²) in [5, 5.41) is 0. The maximum absolute atomic E-state index is 5.67. The van der Waals surface area contributed by atoms with Gasteiger partial charge in [0.05, 0.1) is 6.61 Å². The van der Waals surface area contributed by atoms with Crippen molar-refractivity contribution in [3.63, 3.8) is 0 Å². The monoisotopic (exact) mass is 194 g/mol. The molecule has 1 unspecified atom stereocenters. The first-order valence-corrected chi connectivity index (χ1v) is 4.81. The fourth-order valence-corrected chi connectivity index (χ4v) is 1.49. The molecule has 0 saturated carbocycles. The molecule has 0 radical (unpaired) electrons. The van der Waals surface area contributed by atoms with Gasteiger partial charge in [-0.3, -0.25) is 0 Å². The topological polar surface area (TPSA) is 57.4 Å². The summed E-state index contributed by atoms with van der Waals surface area (Å²) in [6.07, 6.45) is 3.84. The van der Waals surface area contributed by atoms with Crippen molar-refractivity contribution >= 4 is 5.82 Å². The van der Waals surface area contributed by atoms with E-state index in [1.54, 1.807) is 6.20 Å². The highest BCUT2D eigenvalue weighted by molar-refractivity contribution is 5.44. The van der Waals surface area contributed by atoms with E-state index < -0.39 is 0 Å². The molecule has 14 heavy (non-hydrogen) atoms. The van der Waals surface area contributed by atoms with Crippen LogP contribution in [0.3, 0.4) is 0 Å². The zero-order valence-corrected chi connectivity index (χ0v) is 7.98. The van der Waals surface area contributed by atoms with E-state index in [-0.39, 0.29) is 6.10 Å². The summed E-state index contributed by atoms with van der Waals surface area (Å²) >= 11 is 0. The molecule has 2 rings (SSSR count). The van der Waals surface area contributed by atoms with Crippen molar-refractivity contribution in [3.05, 3.63) is 18.3 Å². The fraction of sp³-hybridized carbons (Fsp3) is 0.500. The van der Waals surface area contributed by atoms with Gasteiger partial charge in [0.2, 0.25) is 0 Å². The molecule has 1 fully saturated rings. The summed E-state index contributed by atoms with van der Waals surface area (Å²) < 4.78 is 11.0. The molecular formula is C10H14N2O2. The lowest BCUT2D eigenvalue weighted by atomic mass is 10.2. The lowest BCUT2D eigenvalue weighted by Crippen LogP contribution is -2.28. The standard InChI is InChI=1S/C10H14N2O2/c11-10-9(4-1-5-12-10)14-8-3-2-6-13-7-8/h1,4-5,8H,2-3,6-7H2,(H2,11,12). The van der Waals surface area contributed by atoms with E-state index in [1.165, 1.54) is 0 Å². The van der Waals surface area contributed by atoms with Gasteiger partial charge in [0.25, 0.3) is 0 Å². The summed E-state index contributed by atoms with van der Waals surface area (Å²) in [5.74, 6) is 1.10. The number of hydrogen-bond acceptors (Lipinski definition) is 4. The Hall–Kier alpha value is -1.29. The van der Waals surface area contributed by atoms with Gasteiger partial charge in [-0.2, -0.15) is 0 Å². The summed E-state index contributed by atoms with van der Waals surface area (Å²) in [6, 6.07) is 3.65. The minimum atomic E-state index is 0.121. The van der Waals surface area contributed by atoms with Crippen molar-refractivity contribution in [2.24, 2.45) is 0 Å². The van der Waals surface area contributed by atoms with Crippen LogP contribution in [0.1, 0.15) is 12.8 Å². The Kier molecular flexibility index (Phi) is 2.84. The van der Waals surface area contributed by atoms with Crippen LogP contribution in [0.5, 0.6) is 5.75 Å². The van der Waals surface area contributed by atoms with E-state index in [0.717, 1.165) is 19.4 Å². The highest BCUT2D eigenvalue weighted by Crippen LogP contribution is 2.21. The van der Waals surface area contributed by atoms with E-state index in [2.05, 4.69) is 4.98 Å². The zero-order valence-electron chi connectivity index (χ0n) is 7.98. The van der Waals surface area contributed by atoms with E-state index in [1.807, 2.05) is 12.1 Å². The van der Waals surface area contributed by atoms with Gasteiger partial charge in [-0.15, -0.1) is 0 Å². The number of nitrogens with two attached hydrogens (primary N) is 1. The third-order valence-electron chi connectivity index (χ3n) is 2.21. The average Bonchev–Trinajstić information content (AvgIpc) is 2.23. The molecule has 76 valence electrons. The molecule has 2 N–H and O–H groups in total. The highest BCUT2D eigenvalue weighted by atomic mass is 16.5. The Morgan fingerprint density at radius 1 is 1.57 bits per heavy atom. The third-order valence-corrected chi connectivity index (χ3v) is 2.21. The molecule has 0 bridgehead atoms. The van der Waals surface area contributed by atoms with Crippen LogP contribution < -0.4 is 10.5 Å². The number of hydrogen-bond donors (Lipinski definition) is 1. The zero-order chi connectivity index (χ0) is 9.80. The Morgan fingerprint density at radius 2 is 2.50 bits per heavy atom. The van der Waals surface area contributed by atoms with Gasteiger partial charge in [-0.25, -0.2) is 4.98 Å². The molecule has 4 nitrogen and oxygen atoms in total. The van der Waals surface area contributed by atoms with Gasteiger partial charge in [0.1, 0.15) is 6.10 Å².